The van der Waals surface area contributed by atoms with Crippen LogP contribution in [0.2, 0.25) is 0 Å². The molecule has 1 heterocycles. The average Bonchev–Trinajstić information content (AvgIpc) is 2.51. The van der Waals surface area contributed by atoms with Crippen LogP contribution in [-0.4, -0.2) is 81.3 Å². The summed E-state index contributed by atoms with van der Waals surface area (Å²) in [7, 11) is 1.68. The van der Waals surface area contributed by atoms with Gasteiger partial charge in [-0.25, -0.2) is 0 Å². The van der Waals surface area contributed by atoms with E-state index in [0.29, 0.717) is 19.1 Å². The van der Waals surface area contributed by atoms with Crippen molar-refractivity contribution in [1.82, 2.24) is 15.1 Å². The zero-order chi connectivity index (χ0) is 15.7. The van der Waals surface area contributed by atoms with Crippen molar-refractivity contribution in [3.05, 3.63) is 0 Å². The van der Waals surface area contributed by atoms with E-state index < -0.39 is 0 Å². The zero-order valence-corrected chi connectivity index (χ0v) is 13.8. The van der Waals surface area contributed by atoms with Crippen molar-refractivity contribution in [3.63, 3.8) is 0 Å². The second-order valence-electron chi connectivity index (χ2n) is 5.99. The fourth-order valence-corrected chi connectivity index (χ4v) is 2.59. The molecule has 6 heteroatoms. The van der Waals surface area contributed by atoms with Crippen LogP contribution in [0.25, 0.3) is 0 Å². The van der Waals surface area contributed by atoms with Crippen molar-refractivity contribution in [3.8, 4) is 0 Å². The normalized spacial score (nSPS) is 20.2. The summed E-state index contributed by atoms with van der Waals surface area (Å²) >= 11 is 0. The molecule has 0 bridgehead atoms. The first-order valence-corrected chi connectivity index (χ1v) is 8.01. The molecule has 0 aromatic heterocycles. The van der Waals surface area contributed by atoms with Crippen molar-refractivity contribution < 1.29 is 9.53 Å². The number of rotatable bonds is 9. The third-order valence-corrected chi connectivity index (χ3v) is 4.13. The smallest absolute Gasteiger partial charge is 0.237 e. The first-order chi connectivity index (χ1) is 10.1. The lowest BCUT2D eigenvalue weighted by Gasteiger charge is -2.38. The first-order valence-electron chi connectivity index (χ1n) is 8.01. The van der Waals surface area contributed by atoms with Crippen molar-refractivity contribution in [2.24, 2.45) is 11.7 Å². The monoisotopic (exact) mass is 300 g/mol. The number of nitrogens with one attached hydrogen (secondary N) is 1. The molecule has 0 aromatic carbocycles. The summed E-state index contributed by atoms with van der Waals surface area (Å²) in [6.07, 6.45) is 0.861. The molecule has 1 saturated heterocycles. The van der Waals surface area contributed by atoms with Crippen molar-refractivity contribution in [2.45, 2.75) is 26.3 Å². The lowest BCUT2D eigenvalue weighted by atomic mass is 10.1. The van der Waals surface area contributed by atoms with Gasteiger partial charge in [-0.1, -0.05) is 6.92 Å². The Morgan fingerprint density at radius 3 is 2.52 bits per heavy atom. The number of nitrogens with two attached hydrogens (primary N) is 1. The van der Waals surface area contributed by atoms with Gasteiger partial charge in [-0.15, -0.1) is 0 Å². The maximum absolute atomic E-state index is 12.1. The molecule has 0 aliphatic carbocycles. The van der Waals surface area contributed by atoms with Gasteiger partial charge in [0.1, 0.15) is 0 Å². The van der Waals surface area contributed by atoms with Crippen LogP contribution in [0.5, 0.6) is 0 Å². The Kier molecular flexibility index (Phi) is 8.84. The Bertz CT molecular complexity index is 293. The molecule has 2 unspecified atom stereocenters. The van der Waals surface area contributed by atoms with Crippen molar-refractivity contribution in [2.75, 3.05) is 59.5 Å². The van der Waals surface area contributed by atoms with E-state index in [1.54, 1.807) is 7.11 Å². The third kappa shape index (κ3) is 6.74. The molecule has 0 spiro atoms. The number of hydrogen-bond acceptors (Lipinski definition) is 5. The summed E-state index contributed by atoms with van der Waals surface area (Å²) in [6, 6.07) is -0.0540. The highest BCUT2D eigenvalue weighted by Gasteiger charge is 2.25. The van der Waals surface area contributed by atoms with Gasteiger partial charge in [-0.3, -0.25) is 9.69 Å². The Morgan fingerprint density at radius 1 is 1.29 bits per heavy atom. The number of piperazine rings is 1. The zero-order valence-electron chi connectivity index (χ0n) is 13.8. The summed E-state index contributed by atoms with van der Waals surface area (Å²) in [5, 5.41) is 2.98. The summed E-state index contributed by atoms with van der Waals surface area (Å²) < 4.78 is 4.98. The summed E-state index contributed by atoms with van der Waals surface area (Å²) in [4.78, 5) is 16.8. The topological polar surface area (TPSA) is 70.8 Å². The predicted octanol–water partition coefficient (Wildman–Crippen LogP) is -0.260. The molecule has 124 valence electrons. The van der Waals surface area contributed by atoms with E-state index in [9.17, 15) is 4.79 Å². The Balaban J connectivity index is 2.24. The van der Waals surface area contributed by atoms with Gasteiger partial charge < -0.3 is 20.7 Å². The molecule has 0 aromatic rings. The molecule has 1 aliphatic heterocycles. The van der Waals surface area contributed by atoms with E-state index in [1.165, 1.54) is 0 Å². The maximum Gasteiger partial charge on any atom is 0.237 e. The molecule has 6 nitrogen and oxygen atoms in total. The number of amides is 1. The lowest BCUT2D eigenvalue weighted by Crippen LogP contribution is -2.54. The maximum atomic E-state index is 12.1. The van der Waals surface area contributed by atoms with Crippen LogP contribution in [0.15, 0.2) is 0 Å². The summed E-state index contributed by atoms with van der Waals surface area (Å²) in [5.74, 6) is 0.660. The average molecular weight is 300 g/mol. The highest BCUT2D eigenvalue weighted by Crippen LogP contribution is 2.08. The molecule has 3 N–H and O–H groups in total. The largest absolute Gasteiger partial charge is 0.385 e. The fraction of sp³-hybridized carbons (Fsp3) is 0.933. The van der Waals surface area contributed by atoms with Gasteiger partial charge in [0.2, 0.25) is 5.91 Å². The second-order valence-corrected chi connectivity index (χ2v) is 5.99. The van der Waals surface area contributed by atoms with Crippen molar-refractivity contribution >= 4 is 5.91 Å². The minimum absolute atomic E-state index is 0.0540. The SMILES string of the molecule is COCCCNC(=O)C(C)N1CCN(CC(C)CN)CC1. The second kappa shape index (κ2) is 10.1. The van der Waals surface area contributed by atoms with Gasteiger partial charge in [-0.05, 0) is 25.8 Å². The summed E-state index contributed by atoms with van der Waals surface area (Å²) in [6.45, 7) is 11.3. The molecule has 0 saturated carbocycles. The van der Waals surface area contributed by atoms with E-state index in [2.05, 4.69) is 22.0 Å². The Hall–Kier alpha value is -0.690. The minimum atomic E-state index is -0.0540. The fourth-order valence-electron chi connectivity index (χ4n) is 2.59. The van der Waals surface area contributed by atoms with Gasteiger partial charge in [-0.2, -0.15) is 0 Å². The van der Waals surface area contributed by atoms with Crippen LogP contribution in [0.1, 0.15) is 20.3 Å². The summed E-state index contributed by atoms with van der Waals surface area (Å²) in [5.41, 5.74) is 5.67. The van der Waals surface area contributed by atoms with E-state index in [1.807, 2.05) is 6.92 Å². The molecule has 1 fully saturated rings. The van der Waals surface area contributed by atoms with Gasteiger partial charge in [0.05, 0.1) is 6.04 Å². The molecule has 1 rings (SSSR count). The van der Waals surface area contributed by atoms with Crippen LogP contribution >= 0.6 is 0 Å². The number of carbonyl (C=O) groups excluding carboxylic acids is 1. The van der Waals surface area contributed by atoms with Gasteiger partial charge in [0, 0.05) is 53.0 Å². The molecule has 1 aliphatic rings. The molecule has 1 amide bonds. The molecule has 0 radical (unpaired) electrons. The van der Waals surface area contributed by atoms with Crippen LogP contribution in [-0.2, 0) is 9.53 Å². The van der Waals surface area contributed by atoms with Crippen LogP contribution in [0, 0.1) is 5.92 Å². The molecular formula is C15H32N4O2. The number of hydrogen-bond donors (Lipinski definition) is 2. The van der Waals surface area contributed by atoms with E-state index in [0.717, 1.165) is 45.7 Å². The first kappa shape index (κ1) is 18.4. The number of methoxy groups -OCH3 is 1. The minimum Gasteiger partial charge on any atom is -0.385 e. The van der Waals surface area contributed by atoms with Gasteiger partial charge in [0.15, 0.2) is 0 Å². The standard InChI is InChI=1S/C15H32N4O2/c1-13(11-16)12-18-6-8-19(9-7-18)14(2)15(20)17-5-4-10-21-3/h13-14H,4-12,16H2,1-3H3,(H,17,20). The van der Waals surface area contributed by atoms with Crippen LogP contribution in [0.4, 0.5) is 0 Å². The highest BCUT2D eigenvalue weighted by atomic mass is 16.5. The van der Waals surface area contributed by atoms with Gasteiger partial charge in [0.25, 0.3) is 0 Å². The lowest BCUT2D eigenvalue weighted by molar-refractivity contribution is -0.126. The highest BCUT2D eigenvalue weighted by molar-refractivity contribution is 5.81. The predicted molar refractivity (Wildman–Crippen MR) is 85.2 cm³/mol. The Labute approximate surface area is 129 Å². The number of ether oxygens (including phenoxy) is 1. The van der Waals surface area contributed by atoms with E-state index in [4.69, 9.17) is 10.5 Å². The van der Waals surface area contributed by atoms with Crippen LogP contribution < -0.4 is 11.1 Å². The molecule has 2 atom stereocenters. The molecule has 21 heavy (non-hydrogen) atoms. The Morgan fingerprint density at radius 2 is 1.95 bits per heavy atom. The van der Waals surface area contributed by atoms with E-state index >= 15 is 0 Å². The van der Waals surface area contributed by atoms with E-state index in [-0.39, 0.29) is 11.9 Å². The quantitative estimate of drug-likeness (QED) is 0.574. The van der Waals surface area contributed by atoms with Gasteiger partial charge >= 0.3 is 0 Å². The number of nitrogens with zero attached hydrogens (tertiary/aromatic N) is 2. The third-order valence-electron chi connectivity index (χ3n) is 4.13. The van der Waals surface area contributed by atoms with Crippen molar-refractivity contribution in [1.29, 1.82) is 0 Å². The van der Waals surface area contributed by atoms with Crippen LogP contribution in [0.3, 0.4) is 0 Å². The number of carbonyl (C=O) groups is 1. The molecular weight excluding hydrogens is 268 g/mol.